The number of anilines is 1. The van der Waals surface area contributed by atoms with E-state index in [0.29, 0.717) is 18.8 Å². The molecule has 90 valence electrons. The summed E-state index contributed by atoms with van der Waals surface area (Å²) in [5.74, 6) is -0.394. The third-order valence-corrected chi connectivity index (χ3v) is 2.79. The molecule has 17 heavy (non-hydrogen) atoms. The Bertz CT molecular complexity index is 441. The third-order valence-electron chi connectivity index (χ3n) is 2.79. The van der Waals surface area contributed by atoms with E-state index in [2.05, 4.69) is 10.6 Å². The maximum absolute atomic E-state index is 11.8. The van der Waals surface area contributed by atoms with Crippen molar-refractivity contribution in [2.45, 2.75) is 6.42 Å². The first kappa shape index (κ1) is 11.6. The van der Waals surface area contributed by atoms with Crippen molar-refractivity contribution >= 4 is 17.5 Å². The average molecular weight is 233 g/mol. The lowest BCUT2D eigenvalue weighted by atomic mass is 10.0. The predicted molar refractivity (Wildman–Crippen MR) is 64.3 cm³/mol. The molecule has 1 saturated heterocycles. The molecular formula is C12H15N3O2. The van der Waals surface area contributed by atoms with Gasteiger partial charge >= 0.3 is 0 Å². The molecule has 1 aliphatic heterocycles. The van der Waals surface area contributed by atoms with Gasteiger partial charge in [-0.1, -0.05) is 18.2 Å². The monoisotopic (exact) mass is 233 g/mol. The fourth-order valence-corrected chi connectivity index (χ4v) is 1.69. The fraction of sp³-hybridized carbons (Fsp3) is 0.333. The quantitative estimate of drug-likeness (QED) is 0.677. The largest absolute Gasteiger partial charge is 0.369 e. The van der Waals surface area contributed by atoms with Crippen molar-refractivity contribution in [2.24, 2.45) is 11.7 Å². The number of rotatable bonds is 4. The van der Waals surface area contributed by atoms with Crippen LogP contribution in [0.1, 0.15) is 5.56 Å². The lowest BCUT2D eigenvalue weighted by Gasteiger charge is -2.26. The molecule has 2 rings (SSSR count). The van der Waals surface area contributed by atoms with Gasteiger partial charge in [-0.15, -0.1) is 0 Å². The molecule has 1 aromatic rings. The first-order chi connectivity index (χ1) is 8.16. The van der Waals surface area contributed by atoms with Gasteiger partial charge in [0.2, 0.25) is 11.8 Å². The minimum Gasteiger partial charge on any atom is -0.369 e. The van der Waals surface area contributed by atoms with Crippen LogP contribution >= 0.6 is 0 Å². The molecule has 1 fully saturated rings. The fourth-order valence-electron chi connectivity index (χ4n) is 1.69. The van der Waals surface area contributed by atoms with Gasteiger partial charge < -0.3 is 16.4 Å². The van der Waals surface area contributed by atoms with Gasteiger partial charge in [-0.3, -0.25) is 9.59 Å². The van der Waals surface area contributed by atoms with Gasteiger partial charge in [0.1, 0.15) is 0 Å². The number of amides is 2. The van der Waals surface area contributed by atoms with Crippen LogP contribution < -0.4 is 16.4 Å². The minimum absolute atomic E-state index is 0.0133. The van der Waals surface area contributed by atoms with E-state index in [9.17, 15) is 9.59 Å². The molecule has 4 N–H and O–H groups in total. The second-order valence-electron chi connectivity index (χ2n) is 4.14. The first-order valence-electron chi connectivity index (χ1n) is 5.54. The molecule has 0 saturated carbocycles. The molecule has 0 spiro atoms. The molecule has 0 bridgehead atoms. The normalized spacial score (nSPS) is 15.1. The summed E-state index contributed by atoms with van der Waals surface area (Å²) in [5, 5.41) is 5.87. The number of benzene rings is 1. The molecule has 0 atom stereocenters. The maximum atomic E-state index is 11.8. The standard InChI is InChI=1S/C12H15N3O2/c13-11(16)5-8-3-1-2-4-10(8)15-12(17)9-6-14-7-9/h1-4,9,14H,5-7H2,(H2,13,16)(H,15,17). The summed E-state index contributed by atoms with van der Waals surface area (Å²) in [5.41, 5.74) is 6.58. The molecule has 0 aliphatic carbocycles. The molecule has 1 aliphatic rings. The Morgan fingerprint density at radius 2 is 2.06 bits per heavy atom. The van der Waals surface area contributed by atoms with Crippen LogP contribution in [0.4, 0.5) is 5.69 Å². The Hall–Kier alpha value is -1.88. The second kappa shape index (κ2) is 4.97. The van der Waals surface area contributed by atoms with Crippen LogP contribution in [0.5, 0.6) is 0 Å². The number of para-hydroxylation sites is 1. The van der Waals surface area contributed by atoms with Gasteiger partial charge in [-0.2, -0.15) is 0 Å². The lowest BCUT2D eigenvalue weighted by molar-refractivity contribution is -0.121. The van der Waals surface area contributed by atoms with Crippen molar-refractivity contribution in [3.63, 3.8) is 0 Å². The van der Waals surface area contributed by atoms with E-state index in [-0.39, 0.29) is 18.2 Å². The number of carbonyl (C=O) groups excluding carboxylic acids is 2. The Balaban J connectivity index is 2.08. The highest BCUT2D eigenvalue weighted by atomic mass is 16.2. The van der Waals surface area contributed by atoms with Gasteiger partial charge in [0.25, 0.3) is 0 Å². The topological polar surface area (TPSA) is 84.2 Å². The molecule has 5 heteroatoms. The third kappa shape index (κ3) is 2.82. The molecular weight excluding hydrogens is 218 g/mol. The van der Waals surface area contributed by atoms with Gasteiger partial charge in [0.05, 0.1) is 12.3 Å². The molecule has 0 radical (unpaired) electrons. The number of hydrogen-bond acceptors (Lipinski definition) is 3. The molecule has 1 aromatic carbocycles. The summed E-state index contributed by atoms with van der Waals surface area (Å²) in [6.45, 7) is 1.42. The van der Waals surface area contributed by atoms with Crippen LogP contribution in [0.3, 0.4) is 0 Å². The zero-order valence-electron chi connectivity index (χ0n) is 9.40. The van der Waals surface area contributed by atoms with Crippen LogP contribution in [0.15, 0.2) is 24.3 Å². The number of nitrogens with two attached hydrogens (primary N) is 1. The summed E-state index contributed by atoms with van der Waals surface area (Å²) in [6.07, 6.45) is 0.138. The summed E-state index contributed by atoms with van der Waals surface area (Å²) in [7, 11) is 0. The highest BCUT2D eigenvalue weighted by Gasteiger charge is 2.25. The van der Waals surface area contributed by atoms with Crippen LogP contribution in [-0.4, -0.2) is 24.9 Å². The number of nitrogens with one attached hydrogen (secondary N) is 2. The number of hydrogen-bond donors (Lipinski definition) is 3. The smallest absolute Gasteiger partial charge is 0.230 e. The van der Waals surface area contributed by atoms with E-state index in [4.69, 9.17) is 5.73 Å². The van der Waals surface area contributed by atoms with Crippen LogP contribution in [0.2, 0.25) is 0 Å². The zero-order valence-corrected chi connectivity index (χ0v) is 9.40. The summed E-state index contributed by atoms with van der Waals surface area (Å²) in [4.78, 5) is 22.7. The molecule has 5 nitrogen and oxygen atoms in total. The highest BCUT2D eigenvalue weighted by Crippen LogP contribution is 2.17. The maximum Gasteiger partial charge on any atom is 0.230 e. The van der Waals surface area contributed by atoms with Crippen molar-refractivity contribution in [1.29, 1.82) is 0 Å². The number of carbonyl (C=O) groups is 2. The summed E-state index contributed by atoms with van der Waals surface area (Å²) >= 11 is 0. The molecule has 0 aromatic heterocycles. The van der Waals surface area contributed by atoms with Crippen LogP contribution in [-0.2, 0) is 16.0 Å². The van der Waals surface area contributed by atoms with E-state index in [1.807, 2.05) is 12.1 Å². The van der Waals surface area contributed by atoms with E-state index in [1.165, 1.54) is 0 Å². The Kier molecular flexibility index (Phi) is 3.39. The molecule has 0 unspecified atom stereocenters. The lowest BCUT2D eigenvalue weighted by Crippen LogP contribution is -2.48. The number of primary amides is 1. The van der Waals surface area contributed by atoms with E-state index in [1.54, 1.807) is 12.1 Å². The first-order valence-corrected chi connectivity index (χ1v) is 5.54. The van der Waals surface area contributed by atoms with E-state index < -0.39 is 5.91 Å². The van der Waals surface area contributed by atoms with Gasteiger partial charge in [-0.05, 0) is 11.6 Å². The Labute approximate surface area is 99.4 Å². The van der Waals surface area contributed by atoms with Crippen molar-refractivity contribution in [3.05, 3.63) is 29.8 Å². The summed E-state index contributed by atoms with van der Waals surface area (Å²) in [6, 6.07) is 7.21. The molecule has 2 amide bonds. The highest BCUT2D eigenvalue weighted by molar-refractivity contribution is 5.94. The molecule has 1 heterocycles. The predicted octanol–water partition coefficient (Wildman–Crippen LogP) is -0.128. The van der Waals surface area contributed by atoms with Crippen molar-refractivity contribution in [1.82, 2.24) is 5.32 Å². The summed E-state index contributed by atoms with van der Waals surface area (Å²) < 4.78 is 0. The van der Waals surface area contributed by atoms with Gasteiger partial charge in [0.15, 0.2) is 0 Å². The minimum atomic E-state index is -0.406. The van der Waals surface area contributed by atoms with Gasteiger partial charge in [0, 0.05) is 18.8 Å². The Morgan fingerprint density at radius 1 is 1.35 bits per heavy atom. The second-order valence-corrected chi connectivity index (χ2v) is 4.14. The average Bonchev–Trinajstić information content (AvgIpc) is 2.17. The SMILES string of the molecule is NC(=O)Cc1ccccc1NC(=O)C1CNC1. The Morgan fingerprint density at radius 3 is 2.65 bits per heavy atom. The van der Waals surface area contributed by atoms with Gasteiger partial charge in [-0.25, -0.2) is 0 Å². The van der Waals surface area contributed by atoms with E-state index in [0.717, 1.165) is 5.56 Å². The van der Waals surface area contributed by atoms with Crippen molar-refractivity contribution in [3.8, 4) is 0 Å². The van der Waals surface area contributed by atoms with E-state index >= 15 is 0 Å². The van der Waals surface area contributed by atoms with Crippen LogP contribution in [0, 0.1) is 5.92 Å². The van der Waals surface area contributed by atoms with Crippen molar-refractivity contribution in [2.75, 3.05) is 18.4 Å². The zero-order chi connectivity index (χ0) is 12.3. The van der Waals surface area contributed by atoms with Crippen molar-refractivity contribution < 1.29 is 9.59 Å². The van der Waals surface area contributed by atoms with Crippen LogP contribution in [0.25, 0.3) is 0 Å².